The predicted octanol–water partition coefficient (Wildman–Crippen LogP) is 4.57. The van der Waals surface area contributed by atoms with E-state index in [-0.39, 0.29) is 41.4 Å². The molecule has 0 aliphatic carbocycles. The summed E-state index contributed by atoms with van der Waals surface area (Å²) in [5, 5.41) is 4.26. The summed E-state index contributed by atoms with van der Waals surface area (Å²) in [5.41, 5.74) is 17.9. The van der Waals surface area contributed by atoms with E-state index in [0.717, 1.165) is 0 Å². The molecule has 4 aromatic rings. The first kappa shape index (κ1) is 35.9. The highest BCUT2D eigenvalue weighted by Crippen LogP contribution is 2.34. The molecular weight excluding hydrogens is 614 g/mol. The average Bonchev–Trinajstić information content (AvgIpc) is 3.51. The number of hydrogen-bond donors (Lipinski definition) is 3. The van der Waals surface area contributed by atoms with Crippen molar-refractivity contribution in [1.29, 1.82) is 0 Å². The van der Waals surface area contributed by atoms with E-state index in [1.165, 1.54) is 0 Å². The summed E-state index contributed by atoms with van der Waals surface area (Å²) in [6.45, 7) is 8.27. The van der Waals surface area contributed by atoms with Crippen molar-refractivity contribution in [3.05, 3.63) is 77.5 Å². The van der Waals surface area contributed by atoms with E-state index >= 15 is 0 Å². The molecule has 0 spiro atoms. The molecule has 1 heterocycles. The second-order valence-corrected chi connectivity index (χ2v) is 12.1. The van der Waals surface area contributed by atoms with Gasteiger partial charge in [0, 0.05) is 24.1 Å². The maximum absolute atomic E-state index is 13.6. The van der Waals surface area contributed by atoms with Crippen LogP contribution in [-0.4, -0.2) is 72.0 Å². The first-order valence-electron chi connectivity index (χ1n) is 16.0. The summed E-state index contributed by atoms with van der Waals surface area (Å²) in [6, 6.07) is 17.5. The minimum Gasteiger partial charge on any atom is -0.493 e. The third-order valence-electron chi connectivity index (χ3n) is 8.08. The normalized spacial score (nSPS) is 12.6. The van der Waals surface area contributed by atoms with Gasteiger partial charge in [-0.1, -0.05) is 35.5 Å². The molecule has 12 heteroatoms. The fourth-order valence-corrected chi connectivity index (χ4v) is 5.62. The van der Waals surface area contributed by atoms with Gasteiger partial charge in [0.2, 0.25) is 5.78 Å². The summed E-state index contributed by atoms with van der Waals surface area (Å²) >= 11 is 0. The zero-order valence-electron chi connectivity index (χ0n) is 28.2. The molecule has 4 rings (SSSR count). The molecule has 1 atom stereocenters. The Hall–Kier alpha value is -4.94. The van der Waals surface area contributed by atoms with Gasteiger partial charge < -0.3 is 40.8 Å². The molecule has 0 fully saturated rings. The number of rotatable bonds is 17. The standard InChI is InChI=1S/C36H45N5O7/c1-22(2)41(23(3)4)35(44)25-13-15-27(29(19-25)45-5)46-17-9-10-18-47-28-16-14-26-32(40-48-33(26)31(28)38)34(43)36(39,30(42)21-37)20-24-11-7-6-8-12-24/h6-8,11-16,19,22-23H,9-10,17-18,20-21,37-39H2,1-5H3. The molecule has 1 aromatic heterocycles. The minimum absolute atomic E-state index is 0.0510. The number of nitrogens with two attached hydrogens (primary N) is 3. The number of amides is 1. The van der Waals surface area contributed by atoms with Crippen molar-refractivity contribution < 1.29 is 33.1 Å². The number of unbranched alkanes of at least 4 members (excludes halogenated alkanes) is 1. The van der Waals surface area contributed by atoms with Gasteiger partial charge in [-0.25, -0.2) is 0 Å². The number of aromatic nitrogens is 1. The molecule has 48 heavy (non-hydrogen) atoms. The number of methoxy groups -OCH3 is 1. The van der Waals surface area contributed by atoms with Crippen LogP contribution >= 0.6 is 0 Å². The highest BCUT2D eigenvalue weighted by atomic mass is 16.5. The van der Waals surface area contributed by atoms with Crippen molar-refractivity contribution in [2.75, 3.05) is 32.6 Å². The van der Waals surface area contributed by atoms with Crippen molar-refractivity contribution >= 4 is 34.1 Å². The van der Waals surface area contributed by atoms with Crippen LogP contribution in [-0.2, 0) is 11.2 Å². The maximum atomic E-state index is 13.6. The lowest BCUT2D eigenvalue weighted by Crippen LogP contribution is -2.58. The van der Waals surface area contributed by atoms with Crippen molar-refractivity contribution in [1.82, 2.24) is 10.1 Å². The molecule has 0 radical (unpaired) electrons. The zero-order chi connectivity index (χ0) is 35.0. The van der Waals surface area contributed by atoms with Crippen LogP contribution in [0.4, 0.5) is 5.69 Å². The Labute approximate surface area is 280 Å². The number of carbonyl (C=O) groups excluding carboxylic acids is 3. The Balaban J connectivity index is 1.36. The SMILES string of the molecule is COc1cc(C(=O)N(C(C)C)C(C)C)ccc1OCCCCOc1ccc2c(C(=O)C(N)(Cc3ccccc3)C(=O)CN)noc2c1N. The van der Waals surface area contributed by atoms with Crippen molar-refractivity contribution in [2.45, 2.75) is 64.6 Å². The molecule has 0 saturated heterocycles. The topological polar surface area (TPSA) is 186 Å². The number of Topliss-reactive ketones (excluding diaryl/α,β-unsaturated/α-hetero) is 2. The Bertz CT molecular complexity index is 1730. The number of benzene rings is 3. The summed E-state index contributed by atoms with van der Waals surface area (Å²) in [6.07, 6.45) is 1.26. The molecule has 0 bridgehead atoms. The van der Waals surface area contributed by atoms with E-state index in [9.17, 15) is 14.4 Å². The number of ketones is 2. The van der Waals surface area contributed by atoms with Crippen LogP contribution in [0.3, 0.4) is 0 Å². The molecule has 3 aromatic carbocycles. The fraction of sp³-hybridized carbons (Fsp3) is 0.389. The molecule has 0 aliphatic heterocycles. The number of anilines is 1. The van der Waals surface area contributed by atoms with Crippen molar-refractivity contribution in [3.8, 4) is 17.2 Å². The van der Waals surface area contributed by atoms with E-state index < -0.39 is 23.7 Å². The van der Waals surface area contributed by atoms with Gasteiger partial charge in [-0.15, -0.1) is 0 Å². The van der Waals surface area contributed by atoms with E-state index in [1.807, 2.05) is 38.7 Å². The number of fused-ring (bicyclic) bond motifs is 1. The van der Waals surface area contributed by atoms with Crippen LogP contribution in [0.25, 0.3) is 11.0 Å². The number of carbonyl (C=O) groups is 3. The molecule has 6 N–H and O–H groups in total. The summed E-state index contributed by atoms with van der Waals surface area (Å²) in [7, 11) is 1.54. The molecule has 0 aliphatic rings. The van der Waals surface area contributed by atoms with Gasteiger partial charge in [0.1, 0.15) is 17.0 Å². The summed E-state index contributed by atoms with van der Waals surface area (Å²) in [4.78, 5) is 41.4. The van der Waals surface area contributed by atoms with Gasteiger partial charge in [-0.3, -0.25) is 14.4 Å². The first-order chi connectivity index (χ1) is 22.9. The monoisotopic (exact) mass is 659 g/mol. The fourth-order valence-electron chi connectivity index (χ4n) is 5.62. The van der Waals surface area contributed by atoms with Crippen molar-refractivity contribution in [2.24, 2.45) is 11.5 Å². The van der Waals surface area contributed by atoms with Crippen LogP contribution in [0.1, 0.15) is 66.9 Å². The highest BCUT2D eigenvalue weighted by Gasteiger charge is 2.43. The van der Waals surface area contributed by atoms with Gasteiger partial charge >= 0.3 is 0 Å². The quantitative estimate of drug-likeness (QED) is 0.0624. The lowest BCUT2D eigenvalue weighted by Gasteiger charge is -2.31. The van der Waals surface area contributed by atoms with Crippen molar-refractivity contribution in [3.63, 3.8) is 0 Å². The lowest BCUT2D eigenvalue weighted by atomic mass is 9.81. The van der Waals surface area contributed by atoms with Crippen LogP contribution < -0.4 is 31.4 Å². The smallest absolute Gasteiger partial charge is 0.254 e. The number of nitrogen functional groups attached to an aromatic ring is 1. The number of nitrogens with zero attached hydrogens (tertiary/aromatic N) is 2. The zero-order valence-corrected chi connectivity index (χ0v) is 28.2. The average molecular weight is 660 g/mol. The second-order valence-electron chi connectivity index (χ2n) is 12.1. The Morgan fingerprint density at radius 2 is 1.52 bits per heavy atom. The van der Waals surface area contributed by atoms with E-state index in [1.54, 1.807) is 61.7 Å². The van der Waals surface area contributed by atoms with Gasteiger partial charge in [0.05, 0.1) is 32.3 Å². The van der Waals surface area contributed by atoms with Gasteiger partial charge in [0.15, 0.2) is 28.6 Å². The van der Waals surface area contributed by atoms with Crippen LogP contribution in [0.2, 0.25) is 0 Å². The molecule has 256 valence electrons. The minimum atomic E-state index is -1.93. The summed E-state index contributed by atoms with van der Waals surface area (Å²) < 4.78 is 22.8. The summed E-state index contributed by atoms with van der Waals surface area (Å²) in [5.74, 6) is -0.00743. The van der Waals surface area contributed by atoms with Crippen LogP contribution in [0.15, 0.2) is 65.2 Å². The van der Waals surface area contributed by atoms with Crippen LogP contribution in [0, 0.1) is 0 Å². The van der Waals surface area contributed by atoms with Crippen LogP contribution in [0.5, 0.6) is 17.2 Å². The molecule has 1 unspecified atom stereocenters. The maximum Gasteiger partial charge on any atom is 0.254 e. The molecule has 12 nitrogen and oxygen atoms in total. The van der Waals surface area contributed by atoms with Gasteiger partial charge in [-0.05, 0) is 76.4 Å². The van der Waals surface area contributed by atoms with E-state index in [2.05, 4.69) is 5.16 Å². The van der Waals surface area contributed by atoms with Gasteiger partial charge in [-0.2, -0.15) is 0 Å². The Morgan fingerprint density at radius 1 is 0.896 bits per heavy atom. The third-order valence-corrected chi connectivity index (χ3v) is 8.08. The second kappa shape index (κ2) is 15.8. The van der Waals surface area contributed by atoms with E-state index in [4.69, 9.17) is 35.9 Å². The predicted molar refractivity (Wildman–Crippen MR) is 184 cm³/mol. The van der Waals surface area contributed by atoms with Gasteiger partial charge in [0.25, 0.3) is 5.91 Å². The Morgan fingerprint density at radius 3 is 2.12 bits per heavy atom. The lowest BCUT2D eigenvalue weighted by molar-refractivity contribution is -0.121. The molecule has 1 amide bonds. The van der Waals surface area contributed by atoms with E-state index in [0.29, 0.717) is 59.8 Å². The largest absolute Gasteiger partial charge is 0.493 e. The third kappa shape index (κ3) is 7.77. The Kier molecular flexibility index (Phi) is 11.8. The molecule has 0 saturated carbocycles. The molecular formula is C36H45N5O7. The number of hydrogen-bond acceptors (Lipinski definition) is 11. The number of ether oxygens (including phenoxy) is 3. The first-order valence-corrected chi connectivity index (χ1v) is 16.0. The highest BCUT2D eigenvalue weighted by molar-refractivity contribution is 6.22.